The molecule has 9 nitrogen and oxygen atoms in total. The largest absolute Gasteiger partial charge is 0.545 e. The summed E-state index contributed by atoms with van der Waals surface area (Å²) in [4.78, 5) is 37.5. The van der Waals surface area contributed by atoms with Crippen LogP contribution in [-0.2, 0) is 33.3 Å². The standard InChI is InChI=1S/C73H143NO8/c1-6-8-10-12-14-16-18-20-22-24-26-28-30-32-34-35-36-37-38-40-42-44-46-48-50-52-54-56-58-60-62-64-71(76)82-69(68-81-73(72(77)78)79-66-65-74(3,4)5)67-80-70(75)63-61-59-57-55-53-51-49-47-45-43-41-39-33-31-29-27-25-23-21-19-17-15-13-11-9-7-2/h69,73H,6-68H2,1-5H3. The number of hydrogen-bond donors (Lipinski definition) is 0. The highest BCUT2D eigenvalue weighted by molar-refractivity contribution is 5.70. The number of aliphatic carboxylic acids is 1. The van der Waals surface area contributed by atoms with E-state index < -0.39 is 24.3 Å². The average Bonchev–Trinajstić information content (AvgIpc) is 3.45. The summed E-state index contributed by atoms with van der Waals surface area (Å²) in [7, 11) is 5.95. The molecule has 0 amide bonds. The number of carboxylic acids is 1. The molecular formula is C73H143NO8. The molecule has 0 spiro atoms. The SMILES string of the molecule is CCCCCCCCCCCCCCCCCCCCCCCCCCCCCCCCCC(=O)OC(COC(=O)CCCCCCCCCCCCCCCCCCCCCCCCCCCC)COC(OCC[N+](C)(C)C)C(=O)[O-]. The molecule has 82 heavy (non-hydrogen) atoms. The Balaban J connectivity index is 4.01. The minimum atomic E-state index is -1.62. The van der Waals surface area contributed by atoms with E-state index in [-0.39, 0.29) is 32.2 Å². The molecule has 488 valence electrons. The smallest absolute Gasteiger partial charge is 0.306 e. The summed E-state index contributed by atoms with van der Waals surface area (Å²) in [6.45, 7) is 4.85. The van der Waals surface area contributed by atoms with Crippen LogP contribution >= 0.6 is 0 Å². The summed E-state index contributed by atoms with van der Waals surface area (Å²) in [5, 5.41) is 11.8. The molecule has 0 aromatic carbocycles. The number of carboxylic acid groups (broad SMARTS) is 1. The van der Waals surface area contributed by atoms with Crippen LogP contribution in [0.2, 0.25) is 0 Å². The van der Waals surface area contributed by atoms with Crippen molar-refractivity contribution in [2.45, 2.75) is 405 Å². The number of quaternary nitrogens is 1. The number of nitrogens with zero attached hydrogens (tertiary/aromatic N) is 1. The highest BCUT2D eigenvalue weighted by atomic mass is 16.7. The van der Waals surface area contributed by atoms with E-state index in [9.17, 15) is 19.5 Å². The van der Waals surface area contributed by atoms with Crippen molar-refractivity contribution < 1.29 is 42.9 Å². The van der Waals surface area contributed by atoms with Crippen LogP contribution in [-0.4, -0.2) is 82.3 Å². The van der Waals surface area contributed by atoms with Crippen LogP contribution in [0.4, 0.5) is 0 Å². The Kier molecular flexibility index (Phi) is 63.9. The first kappa shape index (κ1) is 80.3. The van der Waals surface area contributed by atoms with Crippen LogP contribution in [0.15, 0.2) is 0 Å². The van der Waals surface area contributed by atoms with Gasteiger partial charge in [-0.3, -0.25) is 9.59 Å². The minimum absolute atomic E-state index is 0.154. The third-order valence-electron chi connectivity index (χ3n) is 17.1. The maximum Gasteiger partial charge on any atom is 0.306 e. The van der Waals surface area contributed by atoms with Crippen molar-refractivity contribution in [3.05, 3.63) is 0 Å². The molecule has 0 fully saturated rings. The van der Waals surface area contributed by atoms with Gasteiger partial charge in [-0.2, -0.15) is 0 Å². The highest BCUT2D eigenvalue weighted by Crippen LogP contribution is 2.20. The van der Waals surface area contributed by atoms with E-state index in [2.05, 4.69) is 13.8 Å². The Hall–Kier alpha value is -1.71. The monoisotopic (exact) mass is 1160 g/mol. The van der Waals surface area contributed by atoms with Gasteiger partial charge < -0.3 is 33.3 Å². The summed E-state index contributed by atoms with van der Waals surface area (Å²) in [5.74, 6) is -2.24. The van der Waals surface area contributed by atoms with Crippen LogP contribution in [0, 0.1) is 0 Å². The Morgan fingerprint density at radius 3 is 0.780 bits per heavy atom. The average molecular weight is 1160 g/mol. The molecule has 0 rings (SSSR count). The Bertz CT molecular complexity index is 1300. The van der Waals surface area contributed by atoms with Gasteiger partial charge in [-0.1, -0.05) is 367 Å². The quantitative estimate of drug-likeness (QED) is 0.0256. The fraction of sp³-hybridized carbons (Fsp3) is 0.959. The van der Waals surface area contributed by atoms with Crippen molar-refractivity contribution in [3.63, 3.8) is 0 Å². The van der Waals surface area contributed by atoms with Crippen LogP contribution in [0.25, 0.3) is 0 Å². The zero-order chi connectivity index (χ0) is 59.8. The lowest BCUT2D eigenvalue weighted by Crippen LogP contribution is -2.44. The lowest BCUT2D eigenvalue weighted by molar-refractivity contribution is -0.870. The first-order valence-electron chi connectivity index (χ1n) is 36.7. The molecule has 0 aliphatic rings. The molecule has 2 atom stereocenters. The summed E-state index contributed by atoms with van der Waals surface area (Å²) >= 11 is 0. The van der Waals surface area contributed by atoms with Gasteiger partial charge in [-0.05, 0) is 12.8 Å². The summed E-state index contributed by atoms with van der Waals surface area (Å²) in [6.07, 6.45) is 74.9. The lowest BCUT2D eigenvalue weighted by atomic mass is 10.0. The van der Waals surface area contributed by atoms with Gasteiger partial charge in [0.2, 0.25) is 0 Å². The van der Waals surface area contributed by atoms with Gasteiger partial charge in [-0.15, -0.1) is 0 Å². The highest BCUT2D eigenvalue weighted by Gasteiger charge is 2.22. The van der Waals surface area contributed by atoms with Crippen LogP contribution in [0.1, 0.15) is 393 Å². The first-order chi connectivity index (χ1) is 40.1. The molecular weight excluding hydrogens is 1020 g/mol. The molecule has 0 aliphatic carbocycles. The molecule has 0 saturated heterocycles. The molecule has 2 unspecified atom stereocenters. The Morgan fingerprint density at radius 2 is 0.549 bits per heavy atom. The van der Waals surface area contributed by atoms with Crippen LogP contribution in [0.5, 0.6) is 0 Å². The number of carbonyl (C=O) groups excluding carboxylic acids is 3. The maximum atomic E-state index is 12.9. The van der Waals surface area contributed by atoms with Crippen LogP contribution in [0.3, 0.4) is 0 Å². The van der Waals surface area contributed by atoms with E-state index >= 15 is 0 Å². The molecule has 0 radical (unpaired) electrons. The van der Waals surface area contributed by atoms with Crippen molar-refractivity contribution in [1.82, 2.24) is 0 Å². The van der Waals surface area contributed by atoms with Gasteiger partial charge in [-0.25, -0.2) is 0 Å². The van der Waals surface area contributed by atoms with Gasteiger partial charge in [0, 0.05) is 12.8 Å². The topological polar surface area (TPSA) is 111 Å². The first-order valence-corrected chi connectivity index (χ1v) is 36.7. The Morgan fingerprint density at radius 1 is 0.317 bits per heavy atom. The van der Waals surface area contributed by atoms with E-state index in [0.29, 0.717) is 17.4 Å². The van der Waals surface area contributed by atoms with Gasteiger partial charge in [0.25, 0.3) is 0 Å². The maximum absolute atomic E-state index is 12.9. The van der Waals surface area contributed by atoms with Gasteiger partial charge in [0.05, 0.1) is 40.3 Å². The second-order valence-corrected chi connectivity index (χ2v) is 26.6. The second kappa shape index (κ2) is 65.3. The van der Waals surface area contributed by atoms with E-state index in [1.807, 2.05) is 21.1 Å². The number of likely N-dealkylation sites (N-methyl/N-ethyl adjacent to an activating group) is 1. The lowest BCUT2D eigenvalue weighted by Gasteiger charge is -2.26. The zero-order valence-electron chi connectivity index (χ0n) is 55.9. The fourth-order valence-electron chi connectivity index (χ4n) is 11.5. The third-order valence-corrected chi connectivity index (χ3v) is 17.1. The number of ether oxygens (including phenoxy) is 4. The molecule has 0 aromatic rings. The molecule has 0 N–H and O–H groups in total. The predicted molar refractivity (Wildman–Crippen MR) is 348 cm³/mol. The minimum Gasteiger partial charge on any atom is -0.545 e. The van der Waals surface area contributed by atoms with Crippen molar-refractivity contribution in [3.8, 4) is 0 Å². The molecule has 0 aliphatic heterocycles. The predicted octanol–water partition coefficient (Wildman–Crippen LogP) is 21.3. The number of unbranched alkanes of at least 4 members (excludes halogenated alkanes) is 55. The summed E-state index contributed by atoms with van der Waals surface area (Å²) < 4.78 is 22.9. The third kappa shape index (κ3) is 65.8. The van der Waals surface area contributed by atoms with Crippen molar-refractivity contribution in [2.24, 2.45) is 0 Å². The molecule has 0 aromatic heterocycles. The van der Waals surface area contributed by atoms with Crippen molar-refractivity contribution in [1.29, 1.82) is 0 Å². The van der Waals surface area contributed by atoms with E-state index in [4.69, 9.17) is 18.9 Å². The molecule has 9 heteroatoms. The van der Waals surface area contributed by atoms with Crippen molar-refractivity contribution >= 4 is 17.9 Å². The Labute approximate surface area is 511 Å². The van der Waals surface area contributed by atoms with Gasteiger partial charge >= 0.3 is 11.9 Å². The van der Waals surface area contributed by atoms with E-state index in [1.54, 1.807) is 0 Å². The number of hydrogen-bond acceptors (Lipinski definition) is 8. The molecule has 0 saturated carbocycles. The molecule has 0 heterocycles. The number of rotatable bonds is 70. The van der Waals surface area contributed by atoms with Gasteiger partial charge in [0.1, 0.15) is 13.2 Å². The van der Waals surface area contributed by atoms with Crippen molar-refractivity contribution in [2.75, 3.05) is 47.5 Å². The normalized spacial score (nSPS) is 12.5. The van der Waals surface area contributed by atoms with Crippen LogP contribution < -0.4 is 5.11 Å². The summed E-state index contributed by atoms with van der Waals surface area (Å²) in [5.41, 5.74) is 0. The number of esters is 2. The van der Waals surface area contributed by atoms with Gasteiger partial charge in [0.15, 0.2) is 12.4 Å². The fourth-order valence-corrected chi connectivity index (χ4v) is 11.5. The zero-order valence-corrected chi connectivity index (χ0v) is 55.9. The second-order valence-electron chi connectivity index (χ2n) is 26.6. The van der Waals surface area contributed by atoms with E-state index in [1.165, 1.54) is 327 Å². The molecule has 0 bridgehead atoms. The van der Waals surface area contributed by atoms with E-state index in [0.717, 1.165) is 38.5 Å². The summed E-state index contributed by atoms with van der Waals surface area (Å²) in [6, 6.07) is 0. The number of carbonyl (C=O) groups is 3.